The van der Waals surface area contributed by atoms with E-state index in [0.717, 1.165) is 0 Å². The Labute approximate surface area is 141 Å². The maximum Gasteiger partial charge on any atom is 0.233 e. The minimum atomic E-state index is -0.981. The molecule has 0 spiro atoms. The highest BCUT2D eigenvalue weighted by molar-refractivity contribution is 5.97. The highest BCUT2D eigenvalue weighted by atomic mass is 16.3. The number of aliphatic hydroxyl groups is 1. The number of para-hydroxylation sites is 1. The maximum absolute atomic E-state index is 13.0. The fourth-order valence-corrected chi connectivity index (χ4v) is 3.33. The first-order valence-electron chi connectivity index (χ1n) is 8.23. The van der Waals surface area contributed by atoms with E-state index < -0.39 is 11.5 Å². The van der Waals surface area contributed by atoms with Crippen LogP contribution in [-0.2, 0) is 9.59 Å². The Bertz CT molecular complexity index is 702. The molecule has 1 aliphatic carbocycles. The van der Waals surface area contributed by atoms with Crippen LogP contribution in [0.15, 0.2) is 60.7 Å². The van der Waals surface area contributed by atoms with E-state index in [-0.39, 0.29) is 11.7 Å². The van der Waals surface area contributed by atoms with Gasteiger partial charge in [-0.1, -0.05) is 48.5 Å². The number of hydrogen-bond donors (Lipinski definition) is 2. The van der Waals surface area contributed by atoms with Crippen molar-refractivity contribution in [2.24, 2.45) is 5.41 Å². The van der Waals surface area contributed by atoms with Gasteiger partial charge in [0.15, 0.2) is 0 Å². The van der Waals surface area contributed by atoms with Crippen LogP contribution in [0.1, 0.15) is 37.4 Å². The highest BCUT2D eigenvalue weighted by Gasteiger charge is 2.47. The number of carbonyl (C=O) groups is 2. The Morgan fingerprint density at radius 1 is 0.958 bits per heavy atom. The summed E-state index contributed by atoms with van der Waals surface area (Å²) in [5.74, 6) is -0.0732. The summed E-state index contributed by atoms with van der Waals surface area (Å²) in [5, 5.41) is 13.9. The highest BCUT2D eigenvalue weighted by Crippen LogP contribution is 2.46. The molecule has 2 N–H and O–H groups in total. The molecule has 2 aromatic rings. The van der Waals surface area contributed by atoms with E-state index >= 15 is 0 Å². The SMILES string of the molecule is O=C1CCC(C(=O)Nc2ccccc2)([C@H](O)c2ccccc2)CC1. The fraction of sp³-hybridized carbons (Fsp3) is 0.300. The number of ketones is 1. The van der Waals surface area contributed by atoms with Gasteiger partial charge in [0, 0.05) is 18.5 Å². The van der Waals surface area contributed by atoms with Crippen molar-refractivity contribution in [1.29, 1.82) is 0 Å². The molecule has 3 rings (SSSR count). The van der Waals surface area contributed by atoms with E-state index in [1.807, 2.05) is 60.7 Å². The van der Waals surface area contributed by atoms with Gasteiger partial charge in [0.25, 0.3) is 0 Å². The van der Waals surface area contributed by atoms with E-state index in [1.54, 1.807) is 0 Å². The summed E-state index contributed by atoms with van der Waals surface area (Å²) < 4.78 is 0. The average Bonchev–Trinajstić information content (AvgIpc) is 2.63. The van der Waals surface area contributed by atoms with Gasteiger partial charge in [0.2, 0.25) is 5.91 Å². The lowest BCUT2D eigenvalue weighted by Gasteiger charge is -2.39. The molecule has 4 nitrogen and oxygen atoms in total. The summed E-state index contributed by atoms with van der Waals surface area (Å²) in [4.78, 5) is 24.7. The number of rotatable bonds is 4. The molecule has 2 aromatic carbocycles. The van der Waals surface area contributed by atoms with E-state index in [9.17, 15) is 14.7 Å². The van der Waals surface area contributed by atoms with Gasteiger partial charge in [0.1, 0.15) is 5.78 Å². The van der Waals surface area contributed by atoms with Crippen LogP contribution in [0.3, 0.4) is 0 Å². The van der Waals surface area contributed by atoms with Crippen LogP contribution in [0, 0.1) is 5.41 Å². The van der Waals surface area contributed by atoms with Crippen LogP contribution in [-0.4, -0.2) is 16.8 Å². The Hall–Kier alpha value is -2.46. The normalized spacial score (nSPS) is 18.0. The molecule has 1 saturated carbocycles. The monoisotopic (exact) mass is 323 g/mol. The smallest absolute Gasteiger partial charge is 0.233 e. The fourth-order valence-electron chi connectivity index (χ4n) is 3.33. The van der Waals surface area contributed by atoms with Crippen molar-refractivity contribution in [2.45, 2.75) is 31.8 Å². The molecular formula is C20H21NO3. The summed E-state index contributed by atoms with van der Waals surface area (Å²) in [6.45, 7) is 0. The second-order valence-corrected chi connectivity index (χ2v) is 6.33. The Balaban J connectivity index is 1.90. The molecule has 24 heavy (non-hydrogen) atoms. The summed E-state index contributed by atoms with van der Waals surface area (Å²) >= 11 is 0. The van der Waals surface area contributed by atoms with Gasteiger partial charge >= 0.3 is 0 Å². The van der Waals surface area contributed by atoms with Crippen molar-refractivity contribution in [3.05, 3.63) is 66.2 Å². The van der Waals surface area contributed by atoms with Crippen molar-refractivity contribution in [3.63, 3.8) is 0 Å². The summed E-state index contributed by atoms with van der Waals surface area (Å²) in [5.41, 5.74) is 0.416. The van der Waals surface area contributed by atoms with Crippen molar-refractivity contribution in [2.75, 3.05) is 5.32 Å². The van der Waals surface area contributed by atoms with Gasteiger partial charge in [-0.15, -0.1) is 0 Å². The van der Waals surface area contributed by atoms with E-state index in [0.29, 0.717) is 36.9 Å². The third-order valence-electron chi connectivity index (χ3n) is 4.82. The topological polar surface area (TPSA) is 66.4 Å². The third kappa shape index (κ3) is 3.24. The van der Waals surface area contributed by atoms with Crippen LogP contribution in [0.4, 0.5) is 5.69 Å². The quantitative estimate of drug-likeness (QED) is 0.905. The number of anilines is 1. The van der Waals surface area contributed by atoms with Crippen molar-refractivity contribution < 1.29 is 14.7 Å². The summed E-state index contributed by atoms with van der Waals surface area (Å²) in [7, 11) is 0. The molecule has 0 saturated heterocycles. The molecule has 0 aliphatic heterocycles. The molecule has 0 heterocycles. The third-order valence-corrected chi connectivity index (χ3v) is 4.82. The predicted molar refractivity (Wildman–Crippen MR) is 92.4 cm³/mol. The van der Waals surface area contributed by atoms with E-state index in [4.69, 9.17) is 0 Å². The Morgan fingerprint density at radius 2 is 1.50 bits per heavy atom. The second kappa shape index (κ2) is 6.97. The average molecular weight is 323 g/mol. The van der Waals surface area contributed by atoms with Crippen LogP contribution >= 0.6 is 0 Å². The number of aliphatic hydroxyl groups excluding tert-OH is 1. The number of amides is 1. The first kappa shape index (κ1) is 16.4. The van der Waals surface area contributed by atoms with Gasteiger partial charge < -0.3 is 10.4 Å². The maximum atomic E-state index is 13.0. The molecule has 0 radical (unpaired) electrons. The van der Waals surface area contributed by atoms with Crippen molar-refractivity contribution >= 4 is 17.4 Å². The van der Waals surface area contributed by atoms with Crippen LogP contribution in [0.2, 0.25) is 0 Å². The second-order valence-electron chi connectivity index (χ2n) is 6.33. The van der Waals surface area contributed by atoms with Gasteiger partial charge in [-0.25, -0.2) is 0 Å². The van der Waals surface area contributed by atoms with Crippen molar-refractivity contribution in [1.82, 2.24) is 0 Å². The Kier molecular flexibility index (Phi) is 4.76. The van der Waals surface area contributed by atoms with Gasteiger partial charge in [-0.2, -0.15) is 0 Å². The zero-order valence-electron chi connectivity index (χ0n) is 13.4. The minimum absolute atomic E-state index is 0.151. The molecule has 124 valence electrons. The molecule has 1 aliphatic rings. The van der Waals surface area contributed by atoms with Gasteiger partial charge in [-0.3, -0.25) is 9.59 Å². The van der Waals surface area contributed by atoms with Gasteiger partial charge in [0.05, 0.1) is 11.5 Å². The molecule has 1 fully saturated rings. The van der Waals surface area contributed by atoms with E-state index in [1.165, 1.54) is 0 Å². The Morgan fingerprint density at radius 3 is 2.08 bits per heavy atom. The van der Waals surface area contributed by atoms with E-state index in [2.05, 4.69) is 5.32 Å². The molecular weight excluding hydrogens is 302 g/mol. The first-order valence-corrected chi connectivity index (χ1v) is 8.23. The number of Topliss-reactive ketones (excluding diaryl/α,β-unsaturated/α-hetero) is 1. The van der Waals surface area contributed by atoms with Crippen LogP contribution in [0.5, 0.6) is 0 Å². The largest absolute Gasteiger partial charge is 0.387 e. The summed E-state index contributed by atoms with van der Waals surface area (Å²) in [6.07, 6.45) is 0.440. The molecule has 0 unspecified atom stereocenters. The molecule has 4 heteroatoms. The summed E-state index contributed by atoms with van der Waals surface area (Å²) in [6, 6.07) is 18.4. The predicted octanol–water partition coefficient (Wildman–Crippen LogP) is 3.49. The number of nitrogens with one attached hydrogen (secondary N) is 1. The van der Waals surface area contributed by atoms with Crippen LogP contribution in [0.25, 0.3) is 0 Å². The number of hydrogen-bond acceptors (Lipinski definition) is 3. The zero-order chi connectivity index (χ0) is 17.0. The lowest BCUT2D eigenvalue weighted by molar-refractivity contribution is -0.139. The molecule has 0 bridgehead atoms. The lowest BCUT2D eigenvalue weighted by atomic mass is 9.67. The first-order chi connectivity index (χ1) is 11.6. The van der Waals surface area contributed by atoms with Crippen molar-refractivity contribution in [3.8, 4) is 0 Å². The minimum Gasteiger partial charge on any atom is -0.387 e. The zero-order valence-corrected chi connectivity index (χ0v) is 13.4. The molecule has 1 atom stereocenters. The molecule has 1 amide bonds. The number of carbonyl (C=O) groups excluding carboxylic acids is 2. The lowest BCUT2D eigenvalue weighted by Crippen LogP contribution is -2.44. The van der Waals surface area contributed by atoms with Crippen LogP contribution < -0.4 is 5.32 Å². The van der Waals surface area contributed by atoms with Gasteiger partial charge in [-0.05, 0) is 30.5 Å². The molecule has 0 aromatic heterocycles. The number of benzene rings is 2. The standard InChI is InChI=1S/C20H21NO3/c22-17-11-13-20(14-12-17,18(23)15-7-3-1-4-8-15)19(24)21-16-9-5-2-6-10-16/h1-10,18,23H,11-14H2,(H,21,24)/t18-/m1/s1.